The third-order valence-electron chi connectivity index (χ3n) is 3.86. The smallest absolute Gasteiger partial charge is 0.340 e. The Kier molecular flexibility index (Phi) is 6.63. The van der Waals surface area contributed by atoms with E-state index in [1.54, 1.807) is 32.9 Å². The van der Waals surface area contributed by atoms with Gasteiger partial charge in [-0.2, -0.15) is 0 Å². The summed E-state index contributed by atoms with van der Waals surface area (Å²) in [4.78, 5) is 40.3. The van der Waals surface area contributed by atoms with Crippen LogP contribution in [0, 0.1) is 13.8 Å². The van der Waals surface area contributed by atoms with E-state index < -0.39 is 24.3 Å². The highest BCUT2D eigenvalue weighted by molar-refractivity contribution is 7.98. The van der Waals surface area contributed by atoms with E-state index in [0.717, 1.165) is 4.90 Å². The molecule has 0 aliphatic heterocycles. The topological polar surface area (TPSA) is 85.5 Å². The number of rotatable bonds is 7. The van der Waals surface area contributed by atoms with Gasteiger partial charge in [-0.3, -0.25) is 4.79 Å². The summed E-state index contributed by atoms with van der Waals surface area (Å²) in [5.74, 6) is -1.45. The average molecular weight is 375 g/mol. The number of ether oxygens (including phenoxy) is 2. The van der Waals surface area contributed by atoms with Crippen LogP contribution >= 0.6 is 11.8 Å². The number of hydrogen-bond donors (Lipinski definition) is 1. The normalized spacial score (nSPS) is 10.5. The number of nitrogens with one attached hydrogen (secondary N) is 1. The van der Waals surface area contributed by atoms with E-state index in [2.05, 4.69) is 4.98 Å². The number of thioether (sulfide) groups is 1. The summed E-state index contributed by atoms with van der Waals surface area (Å²) >= 11 is 1.43. The standard InChI is InChI=1S/C19H21NO5S/c1-5-24-19(23)16-11(2)17(20-12(16)3)14(21)10-25-18(22)13-8-6-7-9-15(13)26-4/h6-9,20H,5,10H2,1-4H3. The number of esters is 2. The Balaban J connectivity index is 2.12. The Morgan fingerprint density at radius 1 is 1.08 bits per heavy atom. The third-order valence-corrected chi connectivity index (χ3v) is 4.65. The van der Waals surface area contributed by atoms with Gasteiger partial charge in [0, 0.05) is 10.6 Å². The molecule has 138 valence electrons. The van der Waals surface area contributed by atoms with Gasteiger partial charge >= 0.3 is 11.9 Å². The molecule has 0 spiro atoms. The van der Waals surface area contributed by atoms with Crippen LogP contribution in [0.3, 0.4) is 0 Å². The molecule has 0 aliphatic carbocycles. The van der Waals surface area contributed by atoms with Gasteiger partial charge in [-0.05, 0) is 44.7 Å². The number of benzene rings is 1. The fourth-order valence-corrected chi connectivity index (χ4v) is 3.22. The van der Waals surface area contributed by atoms with E-state index in [-0.39, 0.29) is 12.3 Å². The Bertz CT molecular complexity index is 840. The maximum absolute atomic E-state index is 12.4. The Hall–Kier alpha value is -2.54. The zero-order chi connectivity index (χ0) is 19.3. The second kappa shape index (κ2) is 8.71. The van der Waals surface area contributed by atoms with E-state index >= 15 is 0 Å². The molecule has 6 nitrogen and oxygen atoms in total. The van der Waals surface area contributed by atoms with Crippen LogP contribution in [-0.2, 0) is 9.47 Å². The molecule has 0 radical (unpaired) electrons. The molecule has 2 rings (SSSR count). The van der Waals surface area contributed by atoms with Gasteiger partial charge in [-0.1, -0.05) is 12.1 Å². The number of H-pyrrole nitrogens is 1. The van der Waals surface area contributed by atoms with E-state index in [1.165, 1.54) is 11.8 Å². The van der Waals surface area contributed by atoms with Crippen molar-refractivity contribution in [2.75, 3.05) is 19.5 Å². The monoisotopic (exact) mass is 375 g/mol. The molecule has 0 unspecified atom stereocenters. The summed E-state index contributed by atoms with van der Waals surface area (Å²) < 4.78 is 10.2. The fourth-order valence-electron chi connectivity index (χ4n) is 2.63. The molecule has 0 saturated heterocycles. The van der Waals surface area contributed by atoms with E-state index in [1.807, 2.05) is 18.4 Å². The molecule has 0 atom stereocenters. The van der Waals surface area contributed by atoms with E-state index in [4.69, 9.17) is 9.47 Å². The van der Waals surface area contributed by atoms with Gasteiger partial charge in [0.05, 0.1) is 23.4 Å². The summed E-state index contributed by atoms with van der Waals surface area (Å²) in [6.45, 7) is 4.90. The van der Waals surface area contributed by atoms with Crippen LogP contribution in [0.1, 0.15) is 49.4 Å². The molecule has 0 aliphatic rings. The van der Waals surface area contributed by atoms with Crippen LogP contribution in [0.15, 0.2) is 29.2 Å². The number of aromatic amines is 1. The summed E-state index contributed by atoms with van der Waals surface area (Å²) in [7, 11) is 0. The van der Waals surface area contributed by atoms with Crippen molar-refractivity contribution in [3.63, 3.8) is 0 Å². The summed E-state index contributed by atoms with van der Waals surface area (Å²) in [5, 5.41) is 0. The first-order chi connectivity index (χ1) is 12.4. The SMILES string of the molecule is CCOC(=O)c1c(C)[nH]c(C(=O)COC(=O)c2ccccc2SC)c1C. The lowest BCUT2D eigenvalue weighted by Gasteiger charge is -2.07. The number of carbonyl (C=O) groups excluding carboxylic acids is 3. The summed E-state index contributed by atoms with van der Waals surface area (Å²) in [6, 6.07) is 7.03. The first-order valence-corrected chi connectivity index (χ1v) is 9.32. The minimum absolute atomic E-state index is 0.247. The number of aromatic nitrogens is 1. The van der Waals surface area contributed by atoms with Crippen molar-refractivity contribution < 1.29 is 23.9 Å². The van der Waals surface area contributed by atoms with Gasteiger partial charge in [0.25, 0.3) is 0 Å². The fraction of sp³-hybridized carbons (Fsp3) is 0.316. The molecule has 0 bridgehead atoms. The van der Waals surface area contributed by atoms with Gasteiger partial charge in [-0.25, -0.2) is 9.59 Å². The molecule has 1 N–H and O–H groups in total. The molecule has 0 fully saturated rings. The van der Waals surface area contributed by atoms with Crippen LogP contribution in [0.4, 0.5) is 0 Å². The minimum atomic E-state index is -0.560. The highest BCUT2D eigenvalue weighted by Gasteiger charge is 2.23. The van der Waals surface area contributed by atoms with Crippen molar-refractivity contribution in [2.24, 2.45) is 0 Å². The average Bonchev–Trinajstić information content (AvgIpc) is 2.93. The Morgan fingerprint density at radius 2 is 1.77 bits per heavy atom. The van der Waals surface area contributed by atoms with Crippen LogP contribution in [0.25, 0.3) is 0 Å². The van der Waals surface area contributed by atoms with Gasteiger partial charge in [0.15, 0.2) is 6.61 Å². The number of ketones is 1. The second-order valence-electron chi connectivity index (χ2n) is 5.55. The van der Waals surface area contributed by atoms with Gasteiger partial charge in [-0.15, -0.1) is 11.8 Å². The molecular weight excluding hydrogens is 354 g/mol. The van der Waals surface area contributed by atoms with Crippen molar-refractivity contribution in [1.82, 2.24) is 4.98 Å². The largest absolute Gasteiger partial charge is 0.462 e. The van der Waals surface area contributed by atoms with Crippen molar-refractivity contribution >= 4 is 29.5 Å². The number of aryl methyl sites for hydroxylation is 1. The number of carbonyl (C=O) groups is 3. The molecular formula is C19H21NO5S. The van der Waals surface area contributed by atoms with Crippen molar-refractivity contribution in [3.05, 3.63) is 52.3 Å². The lowest BCUT2D eigenvalue weighted by molar-refractivity contribution is 0.0469. The zero-order valence-electron chi connectivity index (χ0n) is 15.2. The highest BCUT2D eigenvalue weighted by atomic mass is 32.2. The van der Waals surface area contributed by atoms with Gasteiger partial charge in [0.1, 0.15) is 0 Å². The van der Waals surface area contributed by atoms with Crippen molar-refractivity contribution in [3.8, 4) is 0 Å². The maximum atomic E-state index is 12.4. The molecule has 1 aromatic heterocycles. The number of hydrogen-bond acceptors (Lipinski definition) is 6. The van der Waals surface area contributed by atoms with Crippen LogP contribution < -0.4 is 0 Å². The van der Waals surface area contributed by atoms with Gasteiger partial charge in [0.2, 0.25) is 5.78 Å². The summed E-state index contributed by atoms with van der Waals surface area (Å²) in [5.41, 5.74) is 2.04. The zero-order valence-corrected chi connectivity index (χ0v) is 16.0. The molecule has 0 amide bonds. The molecule has 1 aromatic carbocycles. The molecule has 26 heavy (non-hydrogen) atoms. The van der Waals surface area contributed by atoms with Crippen molar-refractivity contribution in [2.45, 2.75) is 25.7 Å². The third kappa shape index (κ3) is 4.16. The lowest BCUT2D eigenvalue weighted by Crippen LogP contribution is -2.16. The van der Waals surface area contributed by atoms with E-state index in [9.17, 15) is 14.4 Å². The van der Waals surface area contributed by atoms with E-state index in [0.29, 0.717) is 22.4 Å². The number of Topliss-reactive ketones (excluding diaryl/α,β-unsaturated/α-hetero) is 1. The Morgan fingerprint density at radius 3 is 2.42 bits per heavy atom. The quantitative estimate of drug-likeness (QED) is 0.452. The maximum Gasteiger partial charge on any atom is 0.340 e. The minimum Gasteiger partial charge on any atom is -0.462 e. The predicted octanol–water partition coefficient (Wildman–Crippen LogP) is 3.57. The lowest BCUT2D eigenvalue weighted by atomic mass is 10.1. The Labute approximate surface area is 156 Å². The van der Waals surface area contributed by atoms with Crippen LogP contribution in [-0.4, -0.2) is 42.2 Å². The predicted molar refractivity (Wildman–Crippen MR) is 99.1 cm³/mol. The first kappa shape index (κ1) is 19.8. The van der Waals surface area contributed by atoms with Crippen LogP contribution in [0.2, 0.25) is 0 Å². The van der Waals surface area contributed by atoms with Gasteiger partial charge < -0.3 is 14.5 Å². The summed E-state index contributed by atoms with van der Waals surface area (Å²) in [6.07, 6.45) is 1.86. The molecule has 2 aromatic rings. The molecule has 0 saturated carbocycles. The van der Waals surface area contributed by atoms with Crippen molar-refractivity contribution in [1.29, 1.82) is 0 Å². The first-order valence-electron chi connectivity index (χ1n) is 8.10. The highest BCUT2D eigenvalue weighted by Crippen LogP contribution is 2.22. The molecule has 1 heterocycles. The molecule has 7 heteroatoms. The second-order valence-corrected chi connectivity index (χ2v) is 6.39. The van der Waals surface area contributed by atoms with Crippen LogP contribution in [0.5, 0.6) is 0 Å².